The number of nitrogens with one attached hydrogen (secondary N) is 1. The summed E-state index contributed by atoms with van der Waals surface area (Å²) in [6.45, 7) is 5.75. The Kier molecular flexibility index (Phi) is 7.55. The smallest absolute Gasteiger partial charge is 0.242 e. The normalized spacial score (nSPS) is 11.8. The van der Waals surface area contributed by atoms with Crippen LogP contribution in [0.3, 0.4) is 0 Å². The molecule has 5 nitrogen and oxygen atoms in total. The topological polar surface area (TPSA) is 58.6 Å². The largest absolute Gasteiger partial charge is 0.497 e. The van der Waals surface area contributed by atoms with Crippen LogP contribution in [0.1, 0.15) is 31.9 Å². The Morgan fingerprint density at radius 1 is 1.00 bits per heavy atom. The van der Waals surface area contributed by atoms with Crippen molar-refractivity contribution in [2.75, 3.05) is 7.11 Å². The molecule has 0 aliphatic carbocycles. The zero-order valence-corrected chi connectivity index (χ0v) is 16.7. The van der Waals surface area contributed by atoms with Crippen LogP contribution in [0.2, 0.25) is 0 Å². The molecule has 0 fully saturated rings. The molecule has 2 aromatic rings. The lowest BCUT2D eigenvalue weighted by Crippen LogP contribution is -2.49. The maximum absolute atomic E-state index is 13.1. The average Bonchev–Trinajstić information content (AvgIpc) is 2.67. The van der Waals surface area contributed by atoms with Crippen LogP contribution < -0.4 is 10.1 Å². The Morgan fingerprint density at radius 2 is 1.57 bits per heavy atom. The number of ether oxygens (including phenoxy) is 1. The second-order valence-corrected chi connectivity index (χ2v) is 7.01. The number of hydrogen-bond acceptors (Lipinski definition) is 3. The highest BCUT2D eigenvalue weighted by atomic mass is 19.1. The van der Waals surface area contributed by atoms with Gasteiger partial charge < -0.3 is 15.0 Å². The highest BCUT2D eigenvalue weighted by Gasteiger charge is 2.26. The maximum atomic E-state index is 13.1. The predicted molar refractivity (Wildman–Crippen MR) is 106 cm³/mol. The van der Waals surface area contributed by atoms with Crippen molar-refractivity contribution in [3.05, 3.63) is 65.5 Å². The molecule has 1 atom stereocenters. The van der Waals surface area contributed by atoms with Gasteiger partial charge in [0.1, 0.15) is 17.6 Å². The zero-order valence-electron chi connectivity index (χ0n) is 16.7. The third kappa shape index (κ3) is 6.08. The quantitative estimate of drug-likeness (QED) is 0.757. The maximum Gasteiger partial charge on any atom is 0.242 e. The summed E-state index contributed by atoms with van der Waals surface area (Å²) in [6, 6.07) is 12.5. The fourth-order valence-corrected chi connectivity index (χ4v) is 2.79. The lowest BCUT2D eigenvalue weighted by Gasteiger charge is -2.29. The summed E-state index contributed by atoms with van der Waals surface area (Å²) in [4.78, 5) is 27.0. The van der Waals surface area contributed by atoms with E-state index in [0.29, 0.717) is 5.56 Å². The van der Waals surface area contributed by atoms with E-state index in [1.165, 1.54) is 12.1 Å². The molecule has 2 rings (SSSR count). The van der Waals surface area contributed by atoms with Gasteiger partial charge in [-0.25, -0.2) is 4.39 Å². The number of halogens is 1. The van der Waals surface area contributed by atoms with Crippen LogP contribution in [-0.4, -0.2) is 35.9 Å². The van der Waals surface area contributed by atoms with E-state index < -0.39 is 6.04 Å². The van der Waals surface area contributed by atoms with Gasteiger partial charge in [-0.1, -0.05) is 24.3 Å². The first-order chi connectivity index (χ1) is 13.3. The van der Waals surface area contributed by atoms with E-state index in [2.05, 4.69) is 5.32 Å². The van der Waals surface area contributed by atoms with Gasteiger partial charge in [0, 0.05) is 12.6 Å². The molecule has 0 aliphatic heterocycles. The van der Waals surface area contributed by atoms with Crippen molar-refractivity contribution in [2.45, 2.75) is 45.8 Å². The summed E-state index contributed by atoms with van der Waals surface area (Å²) < 4.78 is 18.3. The second-order valence-electron chi connectivity index (χ2n) is 7.01. The number of amides is 2. The number of hydrogen-bond donors (Lipinski definition) is 1. The Labute approximate surface area is 165 Å². The predicted octanol–water partition coefficient (Wildman–Crippen LogP) is 3.32. The van der Waals surface area contributed by atoms with Crippen LogP contribution in [0.25, 0.3) is 0 Å². The molecule has 150 valence electrons. The molecule has 0 saturated heterocycles. The molecule has 0 unspecified atom stereocenters. The van der Waals surface area contributed by atoms with Crippen molar-refractivity contribution < 1.29 is 18.7 Å². The molecule has 0 spiro atoms. The first-order valence-electron chi connectivity index (χ1n) is 9.27. The number of carbonyl (C=O) groups excluding carboxylic acids is 2. The van der Waals surface area contributed by atoms with Crippen molar-refractivity contribution in [1.29, 1.82) is 0 Å². The number of methoxy groups -OCH3 is 1. The van der Waals surface area contributed by atoms with Gasteiger partial charge in [-0.15, -0.1) is 0 Å². The van der Waals surface area contributed by atoms with Crippen LogP contribution in [0, 0.1) is 5.82 Å². The first kappa shape index (κ1) is 21.4. The molecule has 2 aromatic carbocycles. The highest BCUT2D eigenvalue weighted by Crippen LogP contribution is 2.16. The molecule has 2 amide bonds. The lowest BCUT2D eigenvalue weighted by atomic mass is 10.1. The summed E-state index contributed by atoms with van der Waals surface area (Å²) in [5, 5.41) is 2.85. The summed E-state index contributed by atoms with van der Waals surface area (Å²) in [7, 11) is 1.59. The van der Waals surface area contributed by atoms with Crippen LogP contribution in [-0.2, 0) is 22.6 Å². The third-order valence-corrected chi connectivity index (χ3v) is 4.38. The summed E-state index contributed by atoms with van der Waals surface area (Å²) >= 11 is 0. The van der Waals surface area contributed by atoms with Crippen molar-refractivity contribution in [1.82, 2.24) is 10.2 Å². The number of benzene rings is 2. The van der Waals surface area contributed by atoms with Gasteiger partial charge in [0.15, 0.2) is 0 Å². The van der Waals surface area contributed by atoms with E-state index in [0.717, 1.165) is 11.3 Å². The minimum Gasteiger partial charge on any atom is -0.497 e. The summed E-state index contributed by atoms with van der Waals surface area (Å²) in [5.74, 6) is -0.0423. The van der Waals surface area contributed by atoms with Crippen molar-refractivity contribution in [3.8, 4) is 5.75 Å². The van der Waals surface area contributed by atoms with Crippen molar-refractivity contribution >= 4 is 11.8 Å². The van der Waals surface area contributed by atoms with E-state index in [9.17, 15) is 14.0 Å². The molecule has 0 aromatic heterocycles. The zero-order chi connectivity index (χ0) is 20.7. The van der Waals surface area contributed by atoms with E-state index >= 15 is 0 Å². The van der Waals surface area contributed by atoms with Gasteiger partial charge in [-0.3, -0.25) is 9.59 Å². The molecular weight excluding hydrogens is 359 g/mol. The van der Waals surface area contributed by atoms with Gasteiger partial charge in [-0.05, 0) is 56.2 Å². The number of carbonyl (C=O) groups is 2. The van der Waals surface area contributed by atoms with Gasteiger partial charge in [0.25, 0.3) is 0 Å². The lowest BCUT2D eigenvalue weighted by molar-refractivity contribution is -0.140. The van der Waals surface area contributed by atoms with Crippen LogP contribution in [0.15, 0.2) is 48.5 Å². The molecule has 1 N–H and O–H groups in total. The first-order valence-corrected chi connectivity index (χ1v) is 9.27. The van der Waals surface area contributed by atoms with E-state index in [1.807, 2.05) is 38.1 Å². The van der Waals surface area contributed by atoms with Crippen LogP contribution in [0.4, 0.5) is 4.39 Å². The Balaban J connectivity index is 2.21. The fraction of sp³-hybridized carbons (Fsp3) is 0.364. The molecule has 0 aliphatic rings. The molecule has 0 heterocycles. The van der Waals surface area contributed by atoms with Gasteiger partial charge in [0.2, 0.25) is 11.8 Å². The number of nitrogens with zero attached hydrogens (tertiary/aromatic N) is 1. The Hall–Kier alpha value is -2.89. The van der Waals surface area contributed by atoms with Crippen LogP contribution >= 0.6 is 0 Å². The molecule has 28 heavy (non-hydrogen) atoms. The minimum atomic E-state index is -0.641. The fourth-order valence-electron chi connectivity index (χ4n) is 2.79. The van der Waals surface area contributed by atoms with Crippen molar-refractivity contribution in [2.24, 2.45) is 0 Å². The van der Waals surface area contributed by atoms with Gasteiger partial charge in [-0.2, -0.15) is 0 Å². The molecule has 0 bridgehead atoms. The van der Waals surface area contributed by atoms with Gasteiger partial charge >= 0.3 is 0 Å². The molecular formula is C22H27FN2O3. The SMILES string of the molecule is COc1ccc(CN(C(=O)Cc2ccc(F)cc2)[C@@H](C)C(=O)NC(C)C)cc1. The minimum absolute atomic E-state index is 0.0232. The summed E-state index contributed by atoms with van der Waals surface area (Å²) in [6.07, 6.45) is 0.0930. The molecule has 6 heteroatoms. The standard InChI is InChI=1S/C22H27FN2O3/c1-15(2)24-22(27)16(3)25(14-18-7-11-20(28-4)12-8-18)21(26)13-17-5-9-19(23)10-6-17/h5-12,15-16H,13-14H2,1-4H3,(H,24,27)/t16-/m0/s1. The Morgan fingerprint density at radius 3 is 2.11 bits per heavy atom. The highest BCUT2D eigenvalue weighted by molar-refractivity contribution is 5.88. The number of rotatable bonds is 8. The van der Waals surface area contributed by atoms with Gasteiger partial charge in [0.05, 0.1) is 13.5 Å². The second kappa shape index (κ2) is 9.88. The van der Waals surface area contributed by atoms with E-state index in [4.69, 9.17) is 4.74 Å². The third-order valence-electron chi connectivity index (χ3n) is 4.38. The van der Waals surface area contributed by atoms with E-state index in [-0.39, 0.29) is 36.6 Å². The average molecular weight is 386 g/mol. The summed E-state index contributed by atoms with van der Waals surface area (Å²) in [5.41, 5.74) is 1.58. The molecule has 0 radical (unpaired) electrons. The van der Waals surface area contributed by atoms with Crippen molar-refractivity contribution in [3.63, 3.8) is 0 Å². The molecule has 0 saturated carbocycles. The Bertz CT molecular complexity index is 788. The van der Waals surface area contributed by atoms with Crippen LogP contribution in [0.5, 0.6) is 5.75 Å². The monoisotopic (exact) mass is 386 g/mol. The van der Waals surface area contributed by atoms with E-state index in [1.54, 1.807) is 31.1 Å².